The van der Waals surface area contributed by atoms with Gasteiger partial charge in [-0.2, -0.15) is 0 Å². The summed E-state index contributed by atoms with van der Waals surface area (Å²) in [6.45, 7) is 5.05. The first-order valence-corrected chi connectivity index (χ1v) is 7.87. The van der Waals surface area contributed by atoms with E-state index in [9.17, 15) is 14.0 Å². The van der Waals surface area contributed by atoms with Crippen molar-refractivity contribution in [2.24, 2.45) is 0 Å². The first-order chi connectivity index (χ1) is 11.8. The molecule has 1 N–H and O–H groups in total. The first-order valence-electron chi connectivity index (χ1n) is 7.87. The van der Waals surface area contributed by atoms with Gasteiger partial charge in [-0.25, -0.2) is 9.37 Å². The lowest BCUT2D eigenvalue weighted by atomic mass is 9.99. The third-order valence-corrected chi connectivity index (χ3v) is 3.95. The van der Waals surface area contributed by atoms with Crippen LogP contribution in [-0.2, 0) is 9.59 Å². The summed E-state index contributed by atoms with van der Waals surface area (Å²) in [5.74, 6) is -0.978. The Labute approximate surface area is 144 Å². The van der Waals surface area contributed by atoms with Crippen LogP contribution in [0.1, 0.15) is 20.8 Å². The summed E-state index contributed by atoms with van der Waals surface area (Å²) in [5, 5.41) is 2.54. The summed E-state index contributed by atoms with van der Waals surface area (Å²) < 4.78 is 19.0. The summed E-state index contributed by atoms with van der Waals surface area (Å²) >= 11 is 0. The quantitative estimate of drug-likeness (QED) is 0.870. The van der Waals surface area contributed by atoms with Gasteiger partial charge in [-0.05, 0) is 51.1 Å². The maximum absolute atomic E-state index is 13.3. The molecule has 0 saturated carbocycles. The fourth-order valence-corrected chi connectivity index (χ4v) is 2.67. The monoisotopic (exact) mass is 343 g/mol. The van der Waals surface area contributed by atoms with Crippen molar-refractivity contribution in [2.75, 3.05) is 10.2 Å². The number of benzene rings is 1. The molecule has 2 heterocycles. The number of fused-ring (bicyclic) bond motifs is 1. The molecule has 0 fully saturated rings. The minimum Gasteiger partial charge on any atom is -0.464 e. The molecule has 1 aromatic heterocycles. The lowest BCUT2D eigenvalue weighted by Crippen LogP contribution is -2.62. The van der Waals surface area contributed by atoms with Crippen LogP contribution >= 0.6 is 0 Å². The Morgan fingerprint density at radius 3 is 2.76 bits per heavy atom. The molecule has 1 atom stereocenters. The van der Waals surface area contributed by atoms with E-state index >= 15 is 0 Å². The maximum atomic E-state index is 13.3. The van der Waals surface area contributed by atoms with Crippen LogP contribution in [0.2, 0.25) is 0 Å². The number of carbonyl (C=O) groups is 2. The van der Waals surface area contributed by atoms with Crippen LogP contribution in [0.25, 0.3) is 0 Å². The van der Waals surface area contributed by atoms with E-state index in [-0.39, 0.29) is 11.7 Å². The van der Waals surface area contributed by atoms with Gasteiger partial charge < -0.3 is 10.1 Å². The van der Waals surface area contributed by atoms with E-state index in [1.165, 1.54) is 36.1 Å². The number of hydrogen-bond donors (Lipinski definition) is 1. The summed E-state index contributed by atoms with van der Waals surface area (Å²) in [6.07, 6.45) is 1.56. The zero-order valence-electron chi connectivity index (χ0n) is 14.1. The summed E-state index contributed by atoms with van der Waals surface area (Å²) in [7, 11) is 0. The third kappa shape index (κ3) is 2.93. The van der Waals surface area contributed by atoms with Crippen molar-refractivity contribution in [2.45, 2.75) is 32.4 Å². The molecule has 2 amide bonds. The van der Waals surface area contributed by atoms with Crippen LogP contribution in [0, 0.1) is 5.82 Å². The SMILES string of the molecule is CC(C)N1C(=O)[C@@](C)(C(=O)Nc2cccc(F)c2)Oc2cccnc21. The number of carbonyl (C=O) groups excluding carboxylic acids is 2. The minimum absolute atomic E-state index is 0.216. The maximum Gasteiger partial charge on any atom is 0.282 e. The van der Waals surface area contributed by atoms with Gasteiger partial charge in [0.15, 0.2) is 11.6 Å². The molecule has 0 unspecified atom stereocenters. The van der Waals surface area contributed by atoms with E-state index in [0.717, 1.165) is 0 Å². The molecule has 0 saturated heterocycles. The largest absolute Gasteiger partial charge is 0.464 e. The van der Waals surface area contributed by atoms with Gasteiger partial charge in [0.1, 0.15) is 5.82 Å². The van der Waals surface area contributed by atoms with Gasteiger partial charge in [0.05, 0.1) is 0 Å². The van der Waals surface area contributed by atoms with Crippen LogP contribution in [0.15, 0.2) is 42.6 Å². The minimum atomic E-state index is -1.79. The zero-order valence-corrected chi connectivity index (χ0v) is 14.1. The predicted octanol–water partition coefficient (Wildman–Crippen LogP) is 2.75. The van der Waals surface area contributed by atoms with E-state index in [0.29, 0.717) is 11.6 Å². The normalized spacial score (nSPS) is 19.4. The molecule has 25 heavy (non-hydrogen) atoms. The van der Waals surface area contributed by atoms with Gasteiger partial charge >= 0.3 is 0 Å². The van der Waals surface area contributed by atoms with Crippen LogP contribution < -0.4 is 15.0 Å². The number of aromatic nitrogens is 1. The van der Waals surface area contributed by atoms with Crippen molar-refractivity contribution in [3.8, 4) is 5.75 Å². The van der Waals surface area contributed by atoms with E-state index < -0.39 is 23.2 Å². The number of hydrogen-bond acceptors (Lipinski definition) is 4. The molecule has 7 heteroatoms. The summed E-state index contributed by atoms with van der Waals surface area (Å²) in [6, 6.07) is 8.54. The number of rotatable bonds is 3. The van der Waals surface area contributed by atoms with Crippen molar-refractivity contribution in [3.63, 3.8) is 0 Å². The fourth-order valence-electron chi connectivity index (χ4n) is 2.67. The fraction of sp³-hybridized carbons (Fsp3) is 0.278. The highest BCUT2D eigenvalue weighted by Crippen LogP contribution is 2.37. The second-order valence-electron chi connectivity index (χ2n) is 6.19. The van der Waals surface area contributed by atoms with E-state index in [1.807, 2.05) is 13.8 Å². The predicted molar refractivity (Wildman–Crippen MR) is 90.9 cm³/mol. The van der Waals surface area contributed by atoms with Gasteiger partial charge in [0, 0.05) is 17.9 Å². The number of amides is 2. The molecule has 6 nitrogen and oxygen atoms in total. The Balaban J connectivity index is 1.97. The van der Waals surface area contributed by atoms with Gasteiger partial charge in [-0.1, -0.05) is 6.07 Å². The highest BCUT2D eigenvalue weighted by Gasteiger charge is 2.51. The summed E-state index contributed by atoms with van der Waals surface area (Å²) in [5.41, 5.74) is -1.54. The standard InChI is InChI=1S/C18H18FN3O3/c1-11(2)22-15-14(8-5-9-20-15)25-18(3,17(22)24)16(23)21-13-7-4-6-12(19)10-13/h4-11H,1-3H3,(H,21,23)/t18-/m1/s1. The van der Waals surface area contributed by atoms with Crippen molar-refractivity contribution >= 4 is 23.3 Å². The molecule has 130 valence electrons. The zero-order chi connectivity index (χ0) is 18.2. The van der Waals surface area contributed by atoms with Crippen LogP contribution in [-0.4, -0.2) is 28.4 Å². The molecule has 0 bridgehead atoms. The molecule has 2 aromatic rings. The molecule has 0 radical (unpaired) electrons. The summed E-state index contributed by atoms with van der Waals surface area (Å²) in [4.78, 5) is 31.4. The van der Waals surface area contributed by atoms with Crippen LogP contribution in [0.4, 0.5) is 15.9 Å². The molecular weight excluding hydrogens is 325 g/mol. The highest BCUT2D eigenvalue weighted by molar-refractivity contribution is 6.19. The number of halogens is 1. The molecule has 0 spiro atoms. The average Bonchev–Trinajstić information content (AvgIpc) is 2.55. The van der Waals surface area contributed by atoms with Gasteiger partial charge in [0.25, 0.3) is 17.4 Å². The van der Waals surface area contributed by atoms with Crippen molar-refractivity contribution < 1.29 is 18.7 Å². The molecule has 3 rings (SSSR count). The van der Waals surface area contributed by atoms with E-state index in [1.54, 1.807) is 18.3 Å². The van der Waals surface area contributed by atoms with E-state index in [4.69, 9.17) is 4.74 Å². The number of ether oxygens (including phenoxy) is 1. The van der Waals surface area contributed by atoms with Gasteiger partial charge in [-0.3, -0.25) is 14.5 Å². The van der Waals surface area contributed by atoms with Gasteiger partial charge in [-0.15, -0.1) is 0 Å². The lowest BCUT2D eigenvalue weighted by molar-refractivity contribution is -0.145. The molecule has 1 aromatic carbocycles. The Kier molecular flexibility index (Phi) is 4.16. The first kappa shape index (κ1) is 16.9. The van der Waals surface area contributed by atoms with Crippen molar-refractivity contribution in [3.05, 3.63) is 48.4 Å². The molecule has 0 aliphatic carbocycles. The Morgan fingerprint density at radius 1 is 1.32 bits per heavy atom. The number of anilines is 2. The Hall–Kier alpha value is -2.96. The third-order valence-electron chi connectivity index (χ3n) is 3.95. The molecular formula is C18H18FN3O3. The van der Waals surface area contributed by atoms with Crippen LogP contribution in [0.5, 0.6) is 5.75 Å². The Bertz CT molecular complexity index is 840. The van der Waals surface area contributed by atoms with E-state index in [2.05, 4.69) is 10.3 Å². The number of pyridine rings is 1. The van der Waals surface area contributed by atoms with Crippen molar-refractivity contribution in [1.29, 1.82) is 0 Å². The lowest BCUT2D eigenvalue weighted by Gasteiger charge is -2.40. The second-order valence-corrected chi connectivity index (χ2v) is 6.19. The topological polar surface area (TPSA) is 71.5 Å². The Morgan fingerprint density at radius 2 is 2.08 bits per heavy atom. The average molecular weight is 343 g/mol. The highest BCUT2D eigenvalue weighted by atomic mass is 19.1. The van der Waals surface area contributed by atoms with Crippen LogP contribution in [0.3, 0.4) is 0 Å². The number of nitrogens with one attached hydrogen (secondary N) is 1. The smallest absolute Gasteiger partial charge is 0.282 e. The molecule has 1 aliphatic heterocycles. The van der Waals surface area contributed by atoms with Crippen molar-refractivity contribution in [1.82, 2.24) is 4.98 Å². The van der Waals surface area contributed by atoms with Gasteiger partial charge in [0.2, 0.25) is 0 Å². The second kappa shape index (κ2) is 6.16. The molecule has 1 aliphatic rings. The number of nitrogens with zero attached hydrogens (tertiary/aromatic N) is 2.